The lowest BCUT2D eigenvalue weighted by molar-refractivity contribution is 0.546. The van der Waals surface area contributed by atoms with Crippen molar-refractivity contribution in [2.75, 3.05) is 0 Å². The molecule has 0 aliphatic carbocycles. The van der Waals surface area contributed by atoms with Crippen molar-refractivity contribution in [1.82, 2.24) is 4.98 Å². The summed E-state index contributed by atoms with van der Waals surface area (Å²) in [7, 11) is 0. The van der Waals surface area contributed by atoms with Crippen LogP contribution in [0.4, 0.5) is 0 Å². The van der Waals surface area contributed by atoms with Crippen LogP contribution in [0.5, 0.6) is 0 Å². The largest absolute Gasteiger partial charge is 0.290 e. The van der Waals surface area contributed by atoms with Gasteiger partial charge in [0.2, 0.25) is 6.29 Å². The highest BCUT2D eigenvalue weighted by molar-refractivity contribution is 5.61. The molecule has 51 valence electrons. The first kappa shape index (κ1) is 6.93. The smallest absolute Gasteiger partial charge is 0.206 e. The molecular weight excluding hydrogens is 126 g/mol. The quantitative estimate of drug-likeness (QED) is 0.610. The van der Waals surface area contributed by atoms with Gasteiger partial charge in [-0.15, -0.1) is 0 Å². The van der Waals surface area contributed by atoms with Crippen molar-refractivity contribution in [2.24, 2.45) is 0 Å². The zero-order valence-electron chi connectivity index (χ0n) is 5.74. The van der Waals surface area contributed by atoms with Crippen molar-refractivity contribution >= 4 is 6.29 Å². The van der Waals surface area contributed by atoms with Crippen LogP contribution >= 0.6 is 0 Å². The van der Waals surface area contributed by atoms with Crippen molar-refractivity contribution in [3.63, 3.8) is 0 Å². The molecule has 1 unspecified atom stereocenters. The van der Waals surface area contributed by atoms with Gasteiger partial charge < -0.3 is 0 Å². The molecular formula is C8H8NO. The lowest BCUT2D eigenvalue weighted by Crippen LogP contribution is -1.92. The van der Waals surface area contributed by atoms with Gasteiger partial charge in [-0.2, -0.15) is 0 Å². The summed E-state index contributed by atoms with van der Waals surface area (Å²) in [5.74, 6) is -0.136. The van der Waals surface area contributed by atoms with Gasteiger partial charge in [0.25, 0.3) is 0 Å². The van der Waals surface area contributed by atoms with Crippen LogP contribution in [-0.4, -0.2) is 11.3 Å². The minimum atomic E-state index is -0.136. The Kier molecular flexibility index (Phi) is 2.15. The highest BCUT2D eigenvalue weighted by Crippen LogP contribution is 2.09. The van der Waals surface area contributed by atoms with Crippen LogP contribution in [0.3, 0.4) is 0 Å². The first-order valence-electron chi connectivity index (χ1n) is 3.12. The minimum absolute atomic E-state index is 0.136. The standard InChI is InChI=1S/C8H8NO/c1-7(6-10)8-2-4-9-5-3-8/h2-5,7H,1H3. The van der Waals surface area contributed by atoms with Gasteiger partial charge in [-0.25, -0.2) is 0 Å². The van der Waals surface area contributed by atoms with Gasteiger partial charge in [0.05, 0.1) is 0 Å². The van der Waals surface area contributed by atoms with Crippen LogP contribution in [0.1, 0.15) is 18.4 Å². The van der Waals surface area contributed by atoms with Crippen LogP contribution in [0, 0.1) is 0 Å². The first-order valence-corrected chi connectivity index (χ1v) is 3.12. The fourth-order valence-corrected chi connectivity index (χ4v) is 0.720. The summed E-state index contributed by atoms with van der Waals surface area (Å²) in [6.45, 7) is 1.81. The summed E-state index contributed by atoms with van der Waals surface area (Å²) < 4.78 is 0. The molecule has 10 heavy (non-hydrogen) atoms. The zero-order valence-corrected chi connectivity index (χ0v) is 5.74. The monoisotopic (exact) mass is 134 g/mol. The highest BCUT2D eigenvalue weighted by Gasteiger charge is 2.01. The van der Waals surface area contributed by atoms with Crippen molar-refractivity contribution in [3.05, 3.63) is 30.1 Å². The lowest BCUT2D eigenvalue weighted by Gasteiger charge is -1.99. The Labute approximate surface area is 59.9 Å². The van der Waals surface area contributed by atoms with Crippen molar-refractivity contribution in [2.45, 2.75) is 12.8 Å². The van der Waals surface area contributed by atoms with E-state index in [-0.39, 0.29) is 5.92 Å². The molecule has 0 amide bonds. The zero-order chi connectivity index (χ0) is 7.40. The van der Waals surface area contributed by atoms with Gasteiger partial charge in [-0.1, -0.05) is 6.92 Å². The van der Waals surface area contributed by atoms with E-state index in [9.17, 15) is 4.79 Å². The Hall–Kier alpha value is -1.18. The molecule has 1 atom stereocenters. The predicted octanol–water partition coefficient (Wildman–Crippen LogP) is 1.29. The SMILES string of the molecule is CC([C]=O)c1ccncc1. The molecule has 0 bridgehead atoms. The van der Waals surface area contributed by atoms with Crippen LogP contribution < -0.4 is 0 Å². The van der Waals surface area contributed by atoms with E-state index in [1.807, 2.05) is 25.3 Å². The Bertz CT molecular complexity index is 208. The average Bonchev–Trinajstić information content (AvgIpc) is 2.05. The average molecular weight is 134 g/mol. The second-order valence-electron chi connectivity index (χ2n) is 2.12. The van der Waals surface area contributed by atoms with Crippen molar-refractivity contribution < 1.29 is 4.79 Å². The molecule has 0 N–H and O–H groups in total. The van der Waals surface area contributed by atoms with Crippen molar-refractivity contribution in [1.29, 1.82) is 0 Å². The van der Waals surface area contributed by atoms with Gasteiger partial charge >= 0.3 is 0 Å². The number of nitrogens with zero attached hydrogens (tertiary/aromatic N) is 1. The number of pyridine rings is 1. The molecule has 2 heteroatoms. The van der Waals surface area contributed by atoms with Crippen molar-refractivity contribution in [3.8, 4) is 0 Å². The summed E-state index contributed by atoms with van der Waals surface area (Å²) in [4.78, 5) is 14.0. The fraction of sp³-hybridized carbons (Fsp3) is 0.250. The van der Waals surface area contributed by atoms with Crippen LogP contribution in [0.2, 0.25) is 0 Å². The molecule has 0 spiro atoms. The molecule has 1 rings (SSSR count). The molecule has 2 nitrogen and oxygen atoms in total. The lowest BCUT2D eigenvalue weighted by atomic mass is 10.1. The number of carbonyl (C=O) groups excluding carboxylic acids is 1. The Morgan fingerprint density at radius 2 is 2.10 bits per heavy atom. The van der Waals surface area contributed by atoms with E-state index in [4.69, 9.17) is 0 Å². The topological polar surface area (TPSA) is 30.0 Å². The maximum Gasteiger partial charge on any atom is 0.206 e. The predicted molar refractivity (Wildman–Crippen MR) is 38.3 cm³/mol. The van der Waals surface area contributed by atoms with E-state index in [1.165, 1.54) is 0 Å². The molecule has 0 aliphatic heterocycles. The molecule has 0 saturated carbocycles. The van der Waals surface area contributed by atoms with Gasteiger partial charge in [-0.05, 0) is 17.7 Å². The Morgan fingerprint density at radius 3 is 2.60 bits per heavy atom. The molecule has 0 aliphatic rings. The molecule has 0 aromatic carbocycles. The summed E-state index contributed by atoms with van der Waals surface area (Å²) in [5.41, 5.74) is 0.963. The maximum atomic E-state index is 10.2. The van der Waals surface area contributed by atoms with E-state index < -0.39 is 0 Å². The van der Waals surface area contributed by atoms with E-state index in [0.29, 0.717) is 0 Å². The van der Waals surface area contributed by atoms with Crippen LogP contribution in [0.15, 0.2) is 24.5 Å². The Morgan fingerprint density at radius 1 is 1.50 bits per heavy atom. The fourth-order valence-electron chi connectivity index (χ4n) is 0.720. The van der Waals surface area contributed by atoms with E-state index >= 15 is 0 Å². The Balaban J connectivity index is 2.84. The summed E-state index contributed by atoms with van der Waals surface area (Å²) in [5, 5.41) is 0. The minimum Gasteiger partial charge on any atom is -0.290 e. The van der Waals surface area contributed by atoms with Crippen LogP contribution in [0.25, 0.3) is 0 Å². The normalized spacial score (nSPS) is 12.5. The van der Waals surface area contributed by atoms with E-state index in [2.05, 4.69) is 4.98 Å². The molecule has 1 aromatic heterocycles. The number of rotatable bonds is 2. The summed E-state index contributed by atoms with van der Waals surface area (Å²) in [6, 6.07) is 3.63. The molecule has 1 radical (unpaired) electrons. The molecule has 1 heterocycles. The molecule has 1 aromatic rings. The van der Waals surface area contributed by atoms with Crippen LogP contribution in [-0.2, 0) is 4.79 Å². The van der Waals surface area contributed by atoms with Gasteiger partial charge in [0.15, 0.2) is 0 Å². The van der Waals surface area contributed by atoms with Gasteiger partial charge in [0, 0.05) is 18.3 Å². The third kappa shape index (κ3) is 1.41. The number of hydrogen-bond acceptors (Lipinski definition) is 2. The molecule has 0 fully saturated rings. The van der Waals surface area contributed by atoms with E-state index in [0.717, 1.165) is 5.56 Å². The number of aromatic nitrogens is 1. The second kappa shape index (κ2) is 3.11. The third-order valence-corrected chi connectivity index (χ3v) is 1.38. The van der Waals surface area contributed by atoms with Gasteiger partial charge in [0.1, 0.15) is 0 Å². The first-order chi connectivity index (χ1) is 4.84. The molecule has 0 saturated heterocycles. The highest BCUT2D eigenvalue weighted by atomic mass is 16.1. The third-order valence-electron chi connectivity index (χ3n) is 1.38. The second-order valence-corrected chi connectivity index (χ2v) is 2.12. The summed E-state index contributed by atoms with van der Waals surface area (Å²) >= 11 is 0. The summed E-state index contributed by atoms with van der Waals surface area (Å²) in [6.07, 6.45) is 5.24. The maximum absolute atomic E-state index is 10.2. The number of hydrogen-bond donors (Lipinski definition) is 0. The van der Waals surface area contributed by atoms with Gasteiger partial charge in [-0.3, -0.25) is 9.78 Å². The van der Waals surface area contributed by atoms with E-state index in [1.54, 1.807) is 12.4 Å².